The van der Waals surface area contributed by atoms with Gasteiger partial charge in [-0.2, -0.15) is 9.78 Å². The lowest BCUT2D eigenvalue weighted by Crippen LogP contribution is -2.35. The van der Waals surface area contributed by atoms with Gasteiger partial charge in [-0.1, -0.05) is 12.8 Å². The summed E-state index contributed by atoms with van der Waals surface area (Å²) in [5.41, 5.74) is 2.88. The van der Waals surface area contributed by atoms with Crippen LogP contribution in [0.3, 0.4) is 0 Å². The Kier molecular flexibility index (Phi) is 6.03. The van der Waals surface area contributed by atoms with Gasteiger partial charge in [0.25, 0.3) is 5.91 Å². The van der Waals surface area contributed by atoms with Crippen molar-refractivity contribution in [3.63, 3.8) is 0 Å². The molecule has 1 aliphatic rings. The molecule has 3 N–H and O–H groups in total. The molecule has 2 aromatic heterocycles. The number of rotatable bonds is 5. The highest BCUT2D eigenvalue weighted by Gasteiger charge is 2.26. The van der Waals surface area contributed by atoms with Crippen LogP contribution in [-0.4, -0.2) is 37.4 Å². The van der Waals surface area contributed by atoms with Crippen LogP contribution in [0.5, 0.6) is 5.75 Å². The fourth-order valence-electron chi connectivity index (χ4n) is 4.22. The number of hydrogen-bond donors (Lipinski definition) is 3. The van der Waals surface area contributed by atoms with Crippen molar-refractivity contribution in [3.05, 3.63) is 54.0 Å². The second-order valence-electron chi connectivity index (χ2n) is 8.64. The van der Waals surface area contributed by atoms with Gasteiger partial charge in [-0.3, -0.25) is 4.79 Å². The fourth-order valence-corrected chi connectivity index (χ4v) is 4.22. The summed E-state index contributed by atoms with van der Waals surface area (Å²) in [5, 5.41) is 20.8. The molecule has 1 aromatic carbocycles. The second-order valence-corrected chi connectivity index (χ2v) is 8.64. The first-order chi connectivity index (χ1) is 15.3. The summed E-state index contributed by atoms with van der Waals surface area (Å²) in [4.78, 5) is 25.4. The molecule has 0 unspecified atom stereocenters. The van der Waals surface area contributed by atoms with E-state index in [1.165, 1.54) is 10.7 Å². The molecule has 1 fully saturated rings. The molecule has 8 nitrogen and oxygen atoms in total. The first-order valence-corrected chi connectivity index (χ1v) is 11.0. The number of phenolic OH excluding ortho intramolecular Hbond substituents is 1. The molecule has 2 amide bonds. The molecule has 2 heterocycles. The summed E-state index contributed by atoms with van der Waals surface area (Å²) in [6.07, 6.45) is 6.08. The van der Waals surface area contributed by atoms with Crippen LogP contribution in [0.2, 0.25) is 0 Å². The van der Waals surface area contributed by atoms with E-state index in [-0.39, 0.29) is 29.6 Å². The van der Waals surface area contributed by atoms with Gasteiger partial charge in [-0.25, -0.2) is 4.79 Å². The van der Waals surface area contributed by atoms with Crippen LogP contribution in [0.1, 0.15) is 61.6 Å². The number of aromatic nitrogens is 3. The van der Waals surface area contributed by atoms with Crippen LogP contribution in [0, 0.1) is 0 Å². The number of anilines is 1. The molecule has 0 saturated heterocycles. The zero-order valence-electron chi connectivity index (χ0n) is 18.6. The molecular weight excluding hydrogens is 406 g/mol. The number of carbonyl (C=O) groups excluding carboxylic acids is 2. The third kappa shape index (κ3) is 4.39. The molecular formula is C24H29N5O3. The van der Waals surface area contributed by atoms with Gasteiger partial charge < -0.3 is 20.3 Å². The van der Waals surface area contributed by atoms with Crippen molar-refractivity contribution in [1.82, 2.24) is 19.7 Å². The van der Waals surface area contributed by atoms with Crippen molar-refractivity contribution in [1.29, 1.82) is 0 Å². The molecule has 4 rings (SSSR count). The maximum absolute atomic E-state index is 12.8. The normalized spacial score (nSPS) is 14.1. The highest BCUT2D eigenvalue weighted by atomic mass is 16.3. The second kappa shape index (κ2) is 8.90. The minimum absolute atomic E-state index is 0.0176. The van der Waals surface area contributed by atoms with E-state index in [9.17, 15) is 14.7 Å². The maximum Gasteiger partial charge on any atom is 0.342 e. The Balaban J connectivity index is 1.68. The number of nitrogens with zero attached hydrogens (tertiary/aromatic N) is 3. The minimum Gasteiger partial charge on any atom is -0.507 e. The van der Waals surface area contributed by atoms with Gasteiger partial charge in [-0.05, 0) is 63.1 Å². The third-order valence-corrected chi connectivity index (χ3v) is 5.82. The molecule has 0 radical (unpaired) electrons. The number of phenols is 1. The van der Waals surface area contributed by atoms with Crippen LogP contribution in [0.25, 0.3) is 11.3 Å². The van der Waals surface area contributed by atoms with Crippen molar-refractivity contribution in [2.75, 3.05) is 5.32 Å². The fraction of sp³-hybridized carbons (Fsp3) is 0.375. The summed E-state index contributed by atoms with van der Waals surface area (Å²) in [6, 6.07) is 9.97. The summed E-state index contributed by atoms with van der Waals surface area (Å²) in [5.74, 6) is 0.0490. The van der Waals surface area contributed by atoms with Crippen LogP contribution in [0.4, 0.5) is 10.5 Å². The summed E-state index contributed by atoms with van der Waals surface area (Å²) < 4.78 is 3.17. The molecule has 8 heteroatoms. The summed E-state index contributed by atoms with van der Waals surface area (Å²) in [7, 11) is 1.80. The van der Waals surface area contributed by atoms with Gasteiger partial charge in [0.15, 0.2) is 0 Å². The highest BCUT2D eigenvalue weighted by molar-refractivity contribution is 6.03. The molecule has 168 valence electrons. The van der Waals surface area contributed by atoms with E-state index in [2.05, 4.69) is 15.7 Å². The average Bonchev–Trinajstić information content (AvgIpc) is 3.48. The lowest BCUT2D eigenvalue weighted by atomic mass is 10.0. The number of benzene rings is 1. The standard InChI is InChI=1S/C24H29N5O3/c1-15(2)25-24(32)29-21(16-7-4-5-8-16)14-19(27-29)18-13-17(10-11-22(18)30)26-23(31)20-9-6-12-28(20)3/h6,9-16,30H,4-5,7-8H2,1-3H3,(H,25,32)(H,26,31). The average molecular weight is 436 g/mol. The Morgan fingerprint density at radius 2 is 1.91 bits per heavy atom. The third-order valence-electron chi connectivity index (χ3n) is 5.82. The molecule has 0 aliphatic heterocycles. The lowest BCUT2D eigenvalue weighted by Gasteiger charge is -2.13. The molecule has 1 aliphatic carbocycles. The summed E-state index contributed by atoms with van der Waals surface area (Å²) >= 11 is 0. The SMILES string of the molecule is CC(C)NC(=O)n1nc(-c2cc(NC(=O)c3cccn3C)ccc2O)cc1C1CCCC1. The number of aryl methyl sites for hydroxylation is 1. The Bertz CT molecular complexity index is 1140. The Hall–Kier alpha value is -3.55. The predicted molar refractivity (Wildman–Crippen MR) is 123 cm³/mol. The lowest BCUT2D eigenvalue weighted by molar-refractivity contribution is 0.101. The van der Waals surface area contributed by atoms with Gasteiger partial charge in [-0.15, -0.1) is 0 Å². The van der Waals surface area contributed by atoms with Crippen molar-refractivity contribution in [2.24, 2.45) is 7.05 Å². The van der Waals surface area contributed by atoms with E-state index in [0.717, 1.165) is 31.4 Å². The zero-order chi connectivity index (χ0) is 22.8. The van der Waals surface area contributed by atoms with Crippen LogP contribution >= 0.6 is 0 Å². The van der Waals surface area contributed by atoms with E-state index in [0.29, 0.717) is 22.6 Å². The topological polar surface area (TPSA) is 101 Å². The predicted octanol–water partition coefficient (Wildman–Crippen LogP) is 4.47. The van der Waals surface area contributed by atoms with Gasteiger partial charge in [0.1, 0.15) is 11.4 Å². The largest absolute Gasteiger partial charge is 0.507 e. The van der Waals surface area contributed by atoms with Crippen molar-refractivity contribution < 1.29 is 14.7 Å². The maximum atomic E-state index is 12.8. The molecule has 3 aromatic rings. The monoisotopic (exact) mass is 435 g/mol. The smallest absolute Gasteiger partial charge is 0.342 e. The van der Waals surface area contributed by atoms with E-state index < -0.39 is 0 Å². The van der Waals surface area contributed by atoms with Gasteiger partial charge in [0.2, 0.25) is 0 Å². The van der Waals surface area contributed by atoms with E-state index in [1.54, 1.807) is 42.1 Å². The van der Waals surface area contributed by atoms with E-state index >= 15 is 0 Å². The molecule has 0 bridgehead atoms. The van der Waals surface area contributed by atoms with E-state index in [1.807, 2.05) is 19.9 Å². The minimum atomic E-state index is -0.277. The van der Waals surface area contributed by atoms with Crippen molar-refractivity contribution in [3.8, 4) is 17.0 Å². The Labute approximate surface area is 187 Å². The molecule has 0 spiro atoms. The number of hydrogen-bond acceptors (Lipinski definition) is 4. The van der Waals surface area contributed by atoms with E-state index in [4.69, 9.17) is 0 Å². The Morgan fingerprint density at radius 3 is 2.56 bits per heavy atom. The van der Waals surface area contributed by atoms with Crippen molar-refractivity contribution in [2.45, 2.75) is 51.5 Å². The quantitative estimate of drug-likeness (QED) is 0.515. The van der Waals surface area contributed by atoms with Gasteiger partial charge in [0.05, 0.1) is 11.4 Å². The van der Waals surface area contributed by atoms with Crippen molar-refractivity contribution >= 4 is 17.6 Å². The summed E-state index contributed by atoms with van der Waals surface area (Å²) in [6.45, 7) is 3.81. The first kappa shape index (κ1) is 21.7. The van der Waals surface area contributed by atoms with Crippen LogP contribution < -0.4 is 10.6 Å². The zero-order valence-corrected chi connectivity index (χ0v) is 18.6. The number of carbonyl (C=O) groups is 2. The molecule has 0 atom stereocenters. The van der Waals surface area contributed by atoms with Gasteiger partial charge in [0, 0.05) is 36.5 Å². The highest BCUT2D eigenvalue weighted by Crippen LogP contribution is 2.38. The molecule has 32 heavy (non-hydrogen) atoms. The molecule has 1 saturated carbocycles. The number of nitrogens with one attached hydrogen (secondary N) is 2. The number of aromatic hydroxyl groups is 1. The number of amides is 2. The van der Waals surface area contributed by atoms with Crippen LogP contribution in [-0.2, 0) is 7.05 Å². The Morgan fingerprint density at radius 1 is 1.16 bits per heavy atom. The van der Waals surface area contributed by atoms with Gasteiger partial charge >= 0.3 is 6.03 Å². The first-order valence-electron chi connectivity index (χ1n) is 11.0. The van der Waals surface area contributed by atoms with Crippen LogP contribution in [0.15, 0.2) is 42.6 Å².